The van der Waals surface area contributed by atoms with Gasteiger partial charge in [-0.05, 0) is 44.0 Å². The number of hydrogen-bond donors (Lipinski definition) is 2. The summed E-state index contributed by atoms with van der Waals surface area (Å²) in [5.41, 5.74) is 1.29. The van der Waals surface area contributed by atoms with Crippen molar-refractivity contribution < 1.29 is 27.5 Å². The summed E-state index contributed by atoms with van der Waals surface area (Å²) in [6.07, 6.45) is -1.44. The van der Waals surface area contributed by atoms with Gasteiger partial charge in [0, 0.05) is 24.2 Å². The first-order chi connectivity index (χ1) is 12.8. The van der Waals surface area contributed by atoms with Crippen molar-refractivity contribution in [2.24, 2.45) is 0 Å². The molecule has 0 bridgehead atoms. The second kappa shape index (κ2) is 12.2. The minimum Gasteiger partial charge on any atom is -0.465 e. The fourth-order valence-electron chi connectivity index (χ4n) is 2.42. The van der Waals surface area contributed by atoms with Crippen LogP contribution in [-0.4, -0.2) is 37.7 Å². The van der Waals surface area contributed by atoms with Gasteiger partial charge in [-0.25, -0.2) is 0 Å². The second-order valence-electron chi connectivity index (χ2n) is 6.12. The molecule has 1 amide bonds. The van der Waals surface area contributed by atoms with Gasteiger partial charge >= 0.3 is 12.1 Å². The van der Waals surface area contributed by atoms with Gasteiger partial charge in [0.1, 0.15) is 6.54 Å². The molecule has 1 rings (SSSR count). The van der Waals surface area contributed by atoms with E-state index in [1.807, 2.05) is 0 Å². The van der Waals surface area contributed by atoms with Crippen LogP contribution in [0, 0.1) is 0 Å². The minimum absolute atomic E-state index is 0.171. The van der Waals surface area contributed by atoms with Crippen LogP contribution >= 0.6 is 0 Å². The Hall–Kier alpha value is -2.25. The van der Waals surface area contributed by atoms with Gasteiger partial charge < -0.3 is 15.4 Å². The first kappa shape index (κ1) is 22.8. The molecule has 0 aliphatic carbocycles. The zero-order valence-electron chi connectivity index (χ0n) is 15.5. The molecule has 0 saturated heterocycles. The average Bonchev–Trinajstić information content (AvgIpc) is 2.62. The molecule has 0 aliphatic heterocycles. The predicted octanol–water partition coefficient (Wildman–Crippen LogP) is 4.29. The molecule has 0 atom stereocenters. The molecule has 5 nitrogen and oxygen atoms in total. The summed E-state index contributed by atoms with van der Waals surface area (Å²) < 4.78 is 40.8. The van der Waals surface area contributed by atoms with Crippen molar-refractivity contribution in [3.63, 3.8) is 0 Å². The Labute approximate surface area is 157 Å². The number of carbonyl (C=O) groups is 2. The van der Waals surface area contributed by atoms with Gasteiger partial charge in [-0.1, -0.05) is 19.3 Å². The molecule has 2 N–H and O–H groups in total. The Morgan fingerprint density at radius 3 is 2.26 bits per heavy atom. The SMILES string of the molecule is CCOC(=O)CNC(=O)c1ccc(NCCCCCCCC(F)(F)F)cc1. The Bertz CT molecular complexity index is 575. The van der Waals surface area contributed by atoms with Crippen LogP contribution in [0.5, 0.6) is 0 Å². The van der Waals surface area contributed by atoms with E-state index >= 15 is 0 Å². The van der Waals surface area contributed by atoms with Crippen molar-refractivity contribution in [3.05, 3.63) is 29.8 Å². The number of rotatable bonds is 12. The predicted molar refractivity (Wildman–Crippen MR) is 97.7 cm³/mol. The summed E-state index contributed by atoms with van der Waals surface area (Å²) in [4.78, 5) is 23.1. The van der Waals surface area contributed by atoms with E-state index in [9.17, 15) is 22.8 Å². The van der Waals surface area contributed by atoms with Crippen molar-refractivity contribution in [1.29, 1.82) is 0 Å². The Kier molecular flexibility index (Phi) is 10.3. The lowest BCUT2D eigenvalue weighted by atomic mass is 10.1. The Balaban J connectivity index is 2.17. The maximum atomic E-state index is 12.0. The number of ether oxygens (including phenoxy) is 1. The van der Waals surface area contributed by atoms with Crippen LogP contribution in [-0.2, 0) is 9.53 Å². The molecule has 1 aromatic carbocycles. The molecule has 0 saturated carbocycles. The standard InChI is InChI=1S/C19H27F3N2O3/c1-2-27-17(25)14-24-18(26)15-8-10-16(11-9-15)23-13-7-5-3-4-6-12-19(20,21)22/h8-11,23H,2-7,12-14H2,1H3,(H,24,26). The molecule has 27 heavy (non-hydrogen) atoms. The summed E-state index contributed by atoms with van der Waals surface area (Å²) in [6.45, 7) is 2.51. The van der Waals surface area contributed by atoms with Gasteiger partial charge in [0.25, 0.3) is 5.91 Å². The molecule has 0 heterocycles. The van der Waals surface area contributed by atoms with Crippen LogP contribution in [0.25, 0.3) is 0 Å². The van der Waals surface area contributed by atoms with E-state index in [4.69, 9.17) is 4.74 Å². The highest BCUT2D eigenvalue weighted by Crippen LogP contribution is 2.23. The third kappa shape index (κ3) is 11.1. The van der Waals surface area contributed by atoms with Gasteiger partial charge in [-0.2, -0.15) is 13.2 Å². The summed E-state index contributed by atoms with van der Waals surface area (Å²) in [7, 11) is 0. The van der Waals surface area contributed by atoms with E-state index in [1.54, 1.807) is 31.2 Å². The van der Waals surface area contributed by atoms with E-state index in [-0.39, 0.29) is 25.5 Å². The highest BCUT2D eigenvalue weighted by Gasteiger charge is 2.25. The fourth-order valence-corrected chi connectivity index (χ4v) is 2.42. The van der Waals surface area contributed by atoms with E-state index in [0.717, 1.165) is 24.9 Å². The van der Waals surface area contributed by atoms with Crippen molar-refractivity contribution in [2.75, 3.05) is 25.0 Å². The lowest BCUT2D eigenvalue weighted by molar-refractivity contribution is -0.141. The monoisotopic (exact) mass is 388 g/mol. The van der Waals surface area contributed by atoms with Crippen molar-refractivity contribution >= 4 is 17.6 Å². The largest absolute Gasteiger partial charge is 0.465 e. The number of esters is 1. The number of halogens is 3. The summed E-state index contributed by atoms with van der Waals surface area (Å²) in [5, 5.41) is 5.69. The molecular formula is C19H27F3N2O3. The smallest absolute Gasteiger partial charge is 0.389 e. The van der Waals surface area contributed by atoms with Crippen molar-refractivity contribution in [3.8, 4) is 0 Å². The number of benzene rings is 1. The third-order valence-electron chi connectivity index (χ3n) is 3.81. The minimum atomic E-state index is -4.05. The number of carbonyl (C=O) groups excluding carboxylic acids is 2. The van der Waals surface area contributed by atoms with E-state index in [0.29, 0.717) is 18.5 Å². The van der Waals surface area contributed by atoms with E-state index in [2.05, 4.69) is 10.6 Å². The second-order valence-corrected chi connectivity index (χ2v) is 6.12. The van der Waals surface area contributed by atoms with Crippen LogP contribution in [0.15, 0.2) is 24.3 Å². The van der Waals surface area contributed by atoms with E-state index in [1.165, 1.54) is 0 Å². The maximum Gasteiger partial charge on any atom is 0.389 e. The number of nitrogens with one attached hydrogen (secondary N) is 2. The lowest BCUT2D eigenvalue weighted by Crippen LogP contribution is -2.30. The van der Waals surface area contributed by atoms with Gasteiger partial charge in [0.2, 0.25) is 0 Å². The molecule has 0 radical (unpaired) electrons. The van der Waals surface area contributed by atoms with Crippen molar-refractivity contribution in [2.45, 2.75) is 51.6 Å². The van der Waals surface area contributed by atoms with Crippen LogP contribution < -0.4 is 10.6 Å². The Morgan fingerprint density at radius 1 is 1.00 bits per heavy atom. The van der Waals surface area contributed by atoms with Crippen LogP contribution in [0.4, 0.5) is 18.9 Å². The average molecular weight is 388 g/mol. The maximum absolute atomic E-state index is 12.0. The fraction of sp³-hybridized carbons (Fsp3) is 0.579. The molecule has 0 aromatic heterocycles. The molecule has 1 aromatic rings. The number of alkyl halides is 3. The molecule has 0 fully saturated rings. The highest BCUT2D eigenvalue weighted by molar-refractivity contribution is 5.96. The summed E-state index contributed by atoms with van der Waals surface area (Å²) in [6, 6.07) is 6.84. The topological polar surface area (TPSA) is 67.4 Å². The van der Waals surface area contributed by atoms with Crippen LogP contribution in [0.1, 0.15) is 55.8 Å². The molecule has 152 valence electrons. The van der Waals surface area contributed by atoms with E-state index < -0.39 is 18.6 Å². The van der Waals surface area contributed by atoms with Crippen LogP contribution in [0.2, 0.25) is 0 Å². The summed E-state index contributed by atoms with van der Waals surface area (Å²) in [5.74, 6) is -0.837. The quantitative estimate of drug-likeness (QED) is 0.414. The van der Waals surface area contributed by atoms with Crippen molar-refractivity contribution in [1.82, 2.24) is 5.32 Å². The van der Waals surface area contributed by atoms with Gasteiger partial charge in [-0.3, -0.25) is 9.59 Å². The molecule has 0 aliphatic rings. The normalized spacial score (nSPS) is 11.1. The Morgan fingerprint density at radius 2 is 1.63 bits per heavy atom. The van der Waals surface area contributed by atoms with Gasteiger partial charge in [0.05, 0.1) is 6.61 Å². The number of anilines is 1. The zero-order valence-corrected chi connectivity index (χ0v) is 15.5. The lowest BCUT2D eigenvalue weighted by Gasteiger charge is -2.09. The highest BCUT2D eigenvalue weighted by atomic mass is 19.4. The number of unbranched alkanes of at least 4 members (excludes halogenated alkanes) is 4. The molecule has 0 unspecified atom stereocenters. The van der Waals surface area contributed by atoms with Crippen LogP contribution in [0.3, 0.4) is 0 Å². The molecule has 8 heteroatoms. The third-order valence-corrected chi connectivity index (χ3v) is 3.81. The summed E-state index contributed by atoms with van der Waals surface area (Å²) >= 11 is 0. The first-order valence-corrected chi connectivity index (χ1v) is 9.16. The zero-order chi connectivity index (χ0) is 20.1. The first-order valence-electron chi connectivity index (χ1n) is 9.16. The van der Waals surface area contributed by atoms with Gasteiger partial charge in [0.15, 0.2) is 0 Å². The molecule has 0 spiro atoms. The molecular weight excluding hydrogens is 361 g/mol. The number of amides is 1. The number of hydrogen-bond acceptors (Lipinski definition) is 4. The van der Waals surface area contributed by atoms with Gasteiger partial charge in [-0.15, -0.1) is 0 Å².